The first kappa shape index (κ1) is 18.7. The first-order valence-electron chi connectivity index (χ1n) is 9.43. The molecule has 0 amide bonds. The Labute approximate surface area is 174 Å². The molecule has 0 unspecified atom stereocenters. The van der Waals surface area contributed by atoms with E-state index in [1.54, 1.807) is 16.7 Å². The van der Waals surface area contributed by atoms with Crippen LogP contribution in [0.2, 0.25) is 0 Å². The second kappa shape index (κ2) is 7.50. The molecule has 30 heavy (non-hydrogen) atoms. The summed E-state index contributed by atoms with van der Waals surface area (Å²) in [6, 6.07) is 16.3. The van der Waals surface area contributed by atoms with Crippen molar-refractivity contribution < 1.29 is 13.5 Å². The number of thiophene rings is 1. The van der Waals surface area contributed by atoms with Crippen LogP contribution < -0.4 is 10.3 Å². The molecule has 1 aliphatic heterocycles. The van der Waals surface area contributed by atoms with E-state index in [1.165, 1.54) is 23.5 Å². The molecule has 0 bridgehead atoms. The molecule has 4 aromatic rings. The first-order valence-corrected chi connectivity index (χ1v) is 10.3. The van der Waals surface area contributed by atoms with Gasteiger partial charge in [-0.1, -0.05) is 42.5 Å². The number of benzene rings is 2. The molecule has 0 fully saturated rings. The maximum absolute atomic E-state index is 13.2. The molecule has 1 aliphatic rings. The summed E-state index contributed by atoms with van der Waals surface area (Å²) in [4.78, 5) is 18.7. The molecule has 150 valence electrons. The lowest BCUT2D eigenvalue weighted by Gasteiger charge is -2.06. The van der Waals surface area contributed by atoms with Gasteiger partial charge in [-0.3, -0.25) is 9.36 Å². The zero-order chi connectivity index (χ0) is 20.7. The van der Waals surface area contributed by atoms with Gasteiger partial charge in [0.2, 0.25) is 0 Å². The van der Waals surface area contributed by atoms with E-state index in [4.69, 9.17) is 4.98 Å². The van der Waals surface area contributed by atoms with Crippen LogP contribution in [-0.4, -0.2) is 16.2 Å². The summed E-state index contributed by atoms with van der Waals surface area (Å²) < 4.78 is 30.7. The van der Waals surface area contributed by atoms with Crippen LogP contribution in [0.1, 0.15) is 17.8 Å². The number of aromatic nitrogens is 2. The maximum Gasteiger partial charge on any atom is 0.387 e. The predicted octanol–water partition coefficient (Wildman–Crippen LogP) is 5.67. The van der Waals surface area contributed by atoms with Crippen molar-refractivity contribution in [1.29, 1.82) is 0 Å². The van der Waals surface area contributed by atoms with Gasteiger partial charge < -0.3 is 4.74 Å². The Balaban J connectivity index is 1.55. The first-order chi connectivity index (χ1) is 14.6. The lowest BCUT2D eigenvalue weighted by molar-refractivity contribution is -0.0498. The van der Waals surface area contributed by atoms with Gasteiger partial charge in [-0.25, -0.2) is 4.98 Å². The SMILES string of the molecule is O=c1c2c(-c3ccccc3)csc2nc2n1CC/C2=C\c1ccc(OC(F)F)cc1. The van der Waals surface area contributed by atoms with E-state index in [2.05, 4.69) is 4.74 Å². The topological polar surface area (TPSA) is 44.1 Å². The van der Waals surface area contributed by atoms with Crippen molar-refractivity contribution in [3.05, 3.63) is 81.7 Å². The Hall–Kier alpha value is -3.32. The number of hydrogen-bond donors (Lipinski definition) is 0. The molecular weight excluding hydrogens is 406 g/mol. The standard InChI is InChI=1S/C23H16F2N2O2S/c24-23(25)29-17-8-6-14(7-9-17)12-16-10-11-27-20(16)26-21-19(22(27)28)18(13-30-21)15-4-2-1-3-5-15/h1-9,12-13,23H,10-11H2/b16-12+. The lowest BCUT2D eigenvalue weighted by atomic mass is 10.1. The third-order valence-corrected chi connectivity index (χ3v) is 5.99. The van der Waals surface area contributed by atoms with E-state index in [0.29, 0.717) is 24.2 Å². The van der Waals surface area contributed by atoms with Gasteiger partial charge in [-0.15, -0.1) is 11.3 Å². The zero-order valence-corrected chi connectivity index (χ0v) is 16.5. The molecule has 4 nitrogen and oxygen atoms in total. The largest absolute Gasteiger partial charge is 0.435 e. The highest BCUT2D eigenvalue weighted by molar-refractivity contribution is 7.17. The summed E-state index contributed by atoms with van der Waals surface area (Å²) in [6.07, 6.45) is 2.63. The molecule has 0 saturated heterocycles. The molecule has 0 spiro atoms. The minimum Gasteiger partial charge on any atom is -0.435 e. The summed E-state index contributed by atoms with van der Waals surface area (Å²) >= 11 is 1.47. The number of hydrogen-bond acceptors (Lipinski definition) is 4. The highest BCUT2D eigenvalue weighted by Crippen LogP contribution is 2.34. The van der Waals surface area contributed by atoms with Gasteiger partial charge in [0.05, 0.1) is 5.39 Å². The lowest BCUT2D eigenvalue weighted by Crippen LogP contribution is -2.20. The van der Waals surface area contributed by atoms with Gasteiger partial charge in [0.1, 0.15) is 16.4 Å². The molecule has 3 heterocycles. The van der Waals surface area contributed by atoms with Crippen molar-refractivity contribution in [1.82, 2.24) is 9.55 Å². The molecule has 2 aromatic heterocycles. The Morgan fingerprint density at radius 3 is 2.60 bits per heavy atom. The van der Waals surface area contributed by atoms with Crippen LogP contribution in [0.5, 0.6) is 5.75 Å². The fourth-order valence-electron chi connectivity index (χ4n) is 3.73. The molecule has 0 radical (unpaired) electrons. The van der Waals surface area contributed by atoms with Gasteiger partial charge in [-0.05, 0) is 41.3 Å². The van der Waals surface area contributed by atoms with E-state index in [1.807, 2.05) is 41.8 Å². The van der Waals surface area contributed by atoms with Crippen LogP contribution in [0.3, 0.4) is 0 Å². The van der Waals surface area contributed by atoms with E-state index >= 15 is 0 Å². The van der Waals surface area contributed by atoms with Crippen molar-refractivity contribution in [3.63, 3.8) is 0 Å². The Bertz CT molecular complexity index is 1310. The van der Waals surface area contributed by atoms with E-state index in [9.17, 15) is 13.6 Å². The molecule has 7 heteroatoms. The highest BCUT2D eigenvalue weighted by Gasteiger charge is 2.23. The number of alkyl halides is 2. The Morgan fingerprint density at radius 2 is 1.87 bits per heavy atom. The molecular formula is C23H16F2N2O2S. The third kappa shape index (κ3) is 3.31. The number of allylic oxidation sites excluding steroid dienone is 1. The summed E-state index contributed by atoms with van der Waals surface area (Å²) in [5.74, 6) is 0.781. The van der Waals surface area contributed by atoms with Gasteiger partial charge in [0, 0.05) is 17.5 Å². The molecule has 2 aromatic carbocycles. The van der Waals surface area contributed by atoms with Crippen molar-refractivity contribution in [2.75, 3.05) is 0 Å². The van der Waals surface area contributed by atoms with E-state index in [0.717, 1.165) is 27.1 Å². The fraction of sp³-hybridized carbons (Fsp3) is 0.130. The zero-order valence-electron chi connectivity index (χ0n) is 15.7. The van der Waals surface area contributed by atoms with Gasteiger partial charge in [-0.2, -0.15) is 8.78 Å². The molecule has 0 N–H and O–H groups in total. The molecule has 0 saturated carbocycles. The van der Waals surface area contributed by atoms with Gasteiger partial charge in [0.25, 0.3) is 5.56 Å². The van der Waals surface area contributed by atoms with Crippen molar-refractivity contribution in [3.8, 4) is 16.9 Å². The van der Waals surface area contributed by atoms with Crippen LogP contribution in [0.4, 0.5) is 8.78 Å². The Morgan fingerprint density at radius 1 is 1.10 bits per heavy atom. The Kier molecular flexibility index (Phi) is 4.67. The third-order valence-electron chi connectivity index (χ3n) is 5.12. The summed E-state index contributed by atoms with van der Waals surface area (Å²) in [7, 11) is 0. The number of ether oxygens (including phenoxy) is 1. The number of nitrogens with zero attached hydrogens (tertiary/aromatic N) is 2. The minimum atomic E-state index is -2.85. The van der Waals surface area contributed by atoms with Crippen molar-refractivity contribution in [2.24, 2.45) is 0 Å². The molecule has 0 atom stereocenters. The average molecular weight is 422 g/mol. The predicted molar refractivity (Wildman–Crippen MR) is 115 cm³/mol. The van der Waals surface area contributed by atoms with Crippen molar-refractivity contribution >= 4 is 33.2 Å². The summed E-state index contributed by atoms with van der Waals surface area (Å²) in [6.45, 7) is -2.28. The maximum atomic E-state index is 13.2. The summed E-state index contributed by atoms with van der Waals surface area (Å²) in [5.41, 5.74) is 3.68. The second-order valence-corrected chi connectivity index (χ2v) is 7.81. The van der Waals surface area contributed by atoms with Crippen LogP contribution in [0.15, 0.2) is 64.8 Å². The normalized spacial score (nSPS) is 14.6. The van der Waals surface area contributed by atoms with E-state index in [-0.39, 0.29) is 11.3 Å². The smallest absolute Gasteiger partial charge is 0.387 e. The highest BCUT2D eigenvalue weighted by atomic mass is 32.1. The molecule has 0 aliphatic carbocycles. The quantitative estimate of drug-likeness (QED) is 0.426. The second-order valence-electron chi connectivity index (χ2n) is 6.95. The van der Waals surface area contributed by atoms with Crippen LogP contribution in [0, 0.1) is 0 Å². The number of rotatable bonds is 4. The van der Waals surface area contributed by atoms with Gasteiger partial charge >= 0.3 is 6.61 Å². The summed E-state index contributed by atoms with van der Waals surface area (Å²) in [5, 5.41) is 2.64. The fourth-order valence-corrected chi connectivity index (χ4v) is 4.67. The monoisotopic (exact) mass is 422 g/mol. The van der Waals surface area contributed by atoms with Gasteiger partial charge in [0.15, 0.2) is 0 Å². The van der Waals surface area contributed by atoms with Crippen LogP contribution in [-0.2, 0) is 6.54 Å². The van der Waals surface area contributed by atoms with Crippen molar-refractivity contribution in [2.45, 2.75) is 19.6 Å². The number of halogens is 2. The van der Waals surface area contributed by atoms with E-state index < -0.39 is 6.61 Å². The molecule has 5 rings (SSSR count). The van der Waals surface area contributed by atoms with Crippen LogP contribution in [0.25, 0.3) is 33.0 Å². The average Bonchev–Trinajstić information content (AvgIpc) is 3.35. The number of fused-ring (bicyclic) bond motifs is 2. The van der Waals surface area contributed by atoms with Crippen LogP contribution >= 0.6 is 11.3 Å². The minimum absolute atomic E-state index is 0.0285.